The molecule has 2 aromatic rings. The van der Waals surface area contributed by atoms with E-state index >= 15 is 0 Å². The number of hydrogen-bond donors (Lipinski definition) is 0. The van der Waals surface area contributed by atoms with E-state index in [1.165, 1.54) is 11.6 Å². The Balaban J connectivity index is 0.00000161. The minimum Gasteiger partial charge on any atom is -0.793 e. The van der Waals surface area contributed by atoms with Gasteiger partial charge in [0.25, 0.3) is 0 Å². The second-order valence-corrected chi connectivity index (χ2v) is 6.27. The topological polar surface area (TPSA) is 49.4 Å². The largest absolute Gasteiger partial charge is 1.00 e. The van der Waals surface area contributed by atoms with Gasteiger partial charge < -0.3 is 14.2 Å². The van der Waals surface area contributed by atoms with Gasteiger partial charge in [0.05, 0.1) is 7.37 Å². The van der Waals surface area contributed by atoms with Crippen molar-refractivity contribution >= 4 is 18.9 Å². The van der Waals surface area contributed by atoms with E-state index in [4.69, 9.17) is 4.74 Å². The number of rotatable bonds is 2. The average molecular weight is 306 g/mol. The van der Waals surface area contributed by atoms with E-state index < -0.39 is 7.37 Å². The van der Waals surface area contributed by atoms with Crippen molar-refractivity contribution in [3.05, 3.63) is 83.4 Å². The summed E-state index contributed by atoms with van der Waals surface area (Å²) in [5.41, 5.74) is 1.48. The van der Waals surface area contributed by atoms with Crippen molar-refractivity contribution in [3.63, 3.8) is 0 Å². The zero-order valence-electron chi connectivity index (χ0n) is 11.6. The fourth-order valence-corrected chi connectivity index (χ4v) is 3.14. The van der Waals surface area contributed by atoms with Crippen molar-refractivity contribution in [2.75, 3.05) is 0 Å². The molecular formula is C16H12NaO3P. The van der Waals surface area contributed by atoms with Crippen LogP contribution >= 0.6 is 7.37 Å². The first kappa shape index (κ1) is 16.3. The van der Waals surface area contributed by atoms with Gasteiger partial charge in [-0.1, -0.05) is 60.7 Å². The maximum absolute atomic E-state index is 12.0. The van der Waals surface area contributed by atoms with E-state index in [2.05, 4.69) is 0 Å². The molecule has 21 heavy (non-hydrogen) atoms. The third-order valence-electron chi connectivity index (χ3n) is 2.93. The van der Waals surface area contributed by atoms with Crippen LogP contribution in [-0.4, -0.2) is 0 Å². The Kier molecular flexibility index (Phi) is 5.26. The minimum absolute atomic E-state index is 0. The smallest absolute Gasteiger partial charge is 0.793 e. The van der Waals surface area contributed by atoms with E-state index in [0.29, 0.717) is 11.5 Å². The van der Waals surface area contributed by atoms with Gasteiger partial charge in [-0.25, -0.2) is 0 Å². The van der Waals surface area contributed by atoms with Crippen molar-refractivity contribution in [1.29, 1.82) is 0 Å². The molecule has 1 aliphatic heterocycles. The van der Waals surface area contributed by atoms with Crippen molar-refractivity contribution in [3.8, 4) is 0 Å². The summed E-state index contributed by atoms with van der Waals surface area (Å²) in [7, 11) is -3.73. The summed E-state index contributed by atoms with van der Waals surface area (Å²) in [5.74, 6) is 3.05. The van der Waals surface area contributed by atoms with Crippen LogP contribution < -0.4 is 34.5 Å². The molecule has 0 spiro atoms. The zero-order valence-corrected chi connectivity index (χ0v) is 14.5. The molecule has 0 aliphatic carbocycles. The quantitative estimate of drug-likeness (QED) is 0.605. The van der Waals surface area contributed by atoms with Gasteiger partial charge in [-0.15, -0.1) is 0 Å². The Hall–Kier alpha value is -1.09. The van der Waals surface area contributed by atoms with E-state index in [1.54, 1.807) is 0 Å². The molecular weight excluding hydrogens is 294 g/mol. The normalized spacial score (nSPS) is 16.0. The van der Waals surface area contributed by atoms with Crippen molar-refractivity contribution < 1.29 is 43.8 Å². The molecule has 0 aromatic heterocycles. The number of hydrogen-bond acceptors (Lipinski definition) is 3. The maximum Gasteiger partial charge on any atom is 1.00 e. The Morgan fingerprint density at radius 1 is 0.762 bits per heavy atom. The van der Waals surface area contributed by atoms with Gasteiger partial charge in [0.2, 0.25) is 0 Å². The van der Waals surface area contributed by atoms with Crippen LogP contribution in [0.4, 0.5) is 0 Å². The first-order valence-corrected chi connectivity index (χ1v) is 7.95. The molecule has 5 heteroatoms. The minimum atomic E-state index is -3.73. The van der Waals surface area contributed by atoms with Crippen LogP contribution in [0.25, 0.3) is 11.5 Å². The van der Waals surface area contributed by atoms with Gasteiger partial charge in [-0.05, 0) is 0 Å². The van der Waals surface area contributed by atoms with Crippen molar-refractivity contribution in [2.45, 2.75) is 0 Å². The third kappa shape index (κ3) is 3.97. The predicted molar refractivity (Wildman–Crippen MR) is 77.5 cm³/mol. The van der Waals surface area contributed by atoms with Crippen LogP contribution in [0.15, 0.2) is 72.3 Å². The first-order chi connectivity index (χ1) is 9.64. The molecule has 0 unspecified atom stereocenters. The molecule has 0 saturated heterocycles. The SMILES string of the molecule is O=P1([O-])C=C(c2ccccc2)OC(c2ccccc2)=C1.[Na+]. The Morgan fingerprint density at radius 3 is 1.52 bits per heavy atom. The van der Waals surface area contributed by atoms with Crippen LogP contribution in [-0.2, 0) is 9.30 Å². The summed E-state index contributed by atoms with van der Waals surface area (Å²) >= 11 is 0. The molecule has 0 amide bonds. The average Bonchev–Trinajstić information content (AvgIpc) is 2.47. The van der Waals surface area contributed by atoms with Crippen LogP contribution in [0.1, 0.15) is 11.1 Å². The number of benzene rings is 2. The fourth-order valence-electron chi connectivity index (χ4n) is 2.01. The molecule has 0 atom stereocenters. The van der Waals surface area contributed by atoms with Gasteiger partial charge in [-0.3, -0.25) is 0 Å². The molecule has 0 bridgehead atoms. The fraction of sp³-hybridized carbons (Fsp3) is 0. The summed E-state index contributed by atoms with van der Waals surface area (Å²) in [6, 6.07) is 18.4. The van der Waals surface area contributed by atoms with E-state index in [0.717, 1.165) is 11.1 Å². The van der Waals surface area contributed by atoms with Crippen molar-refractivity contribution in [1.82, 2.24) is 0 Å². The Bertz CT molecular complexity index is 664. The summed E-state index contributed by atoms with van der Waals surface area (Å²) < 4.78 is 17.8. The zero-order chi connectivity index (χ0) is 14.0. The molecule has 3 nitrogen and oxygen atoms in total. The first-order valence-electron chi connectivity index (χ1n) is 6.19. The van der Waals surface area contributed by atoms with Gasteiger partial charge in [0.15, 0.2) is 0 Å². The monoisotopic (exact) mass is 306 g/mol. The van der Waals surface area contributed by atoms with Crippen LogP contribution in [0, 0.1) is 0 Å². The van der Waals surface area contributed by atoms with Crippen LogP contribution in [0.2, 0.25) is 0 Å². The molecule has 0 N–H and O–H groups in total. The molecule has 1 heterocycles. The van der Waals surface area contributed by atoms with Gasteiger partial charge in [0.1, 0.15) is 11.5 Å². The molecule has 3 rings (SSSR count). The summed E-state index contributed by atoms with van der Waals surface area (Å²) in [6.45, 7) is 0. The molecule has 1 aliphatic rings. The summed E-state index contributed by atoms with van der Waals surface area (Å²) in [5, 5.41) is 0. The van der Waals surface area contributed by atoms with Crippen LogP contribution in [0.3, 0.4) is 0 Å². The summed E-state index contributed by atoms with van der Waals surface area (Å²) in [6.07, 6.45) is 0. The molecule has 0 radical (unpaired) electrons. The van der Waals surface area contributed by atoms with Gasteiger partial charge in [-0.2, -0.15) is 0 Å². The van der Waals surface area contributed by atoms with E-state index in [9.17, 15) is 9.46 Å². The third-order valence-corrected chi connectivity index (χ3v) is 4.12. The molecule has 100 valence electrons. The number of ether oxygens (including phenoxy) is 1. The molecule has 0 fully saturated rings. The molecule has 0 saturated carbocycles. The Labute approximate surface area is 145 Å². The van der Waals surface area contributed by atoms with E-state index in [-0.39, 0.29) is 29.6 Å². The molecule has 2 aromatic carbocycles. The predicted octanol–water partition coefficient (Wildman–Crippen LogP) is 0.656. The second-order valence-electron chi connectivity index (χ2n) is 4.47. The summed E-state index contributed by atoms with van der Waals surface area (Å²) in [4.78, 5) is 12.0. The van der Waals surface area contributed by atoms with Crippen molar-refractivity contribution in [2.24, 2.45) is 0 Å². The van der Waals surface area contributed by atoms with Crippen LogP contribution in [0.5, 0.6) is 0 Å². The standard InChI is InChI=1S/C16H13O3P.Na/c17-20(18)11-15(13-7-3-1-4-8-13)19-16(12-20)14-9-5-2-6-10-14;/h1-12H,(H,17,18);/q;+1/p-1. The van der Waals surface area contributed by atoms with Gasteiger partial charge in [0, 0.05) is 22.8 Å². The second kappa shape index (κ2) is 6.78. The Morgan fingerprint density at radius 2 is 1.14 bits per heavy atom. The maximum atomic E-state index is 12.0. The van der Waals surface area contributed by atoms with E-state index in [1.807, 2.05) is 60.7 Å². The van der Waals surface area contributed by atoms with Gasteiger partial charge >= 0.3 is 29.6 Å².